The minimum atomic E-state index is -0.132. The van der Waals surface area contributed by atoms with E-state index in [9.17, 15) is 9.59 Å². The predicted octanol–water partition coefficient (Wildman–Crippen LogP) is 3.91. The zero-order valence-electron chi connectivity index (χ0n) is 17.7. The maximum absolute atomic E-state index is 13.8. The van der Waals surface area contributed by atoms with E-state index in [1.807, 2.05) is 24.3 Å². The van der Waals surface area contributed by atoms with Gasteiger partial charge in [0.25, 0.3) is 5.56 Å². The third-order valence-corrected chi connectivity index (χ3v) is 9.14. The first-order valence-corrected chi connectivity index (χ1v) is 12.1. The lowest BCUT2D eigenvalue weighted by Gasteiger charge is -2.57. The molecule has 5 heteroatoms. The van der Waals surface area contributed by atoms with Crippen LogP contribution in [0.15, 0.2) is 41.2 Å². The van der Waals surface area contributed by atoms with Crippen molar-refractivity contribution in [1.29, 1.82) is 0 Å². The Labute approximate surface area is 181 Å². The highest BCUT2D eigenvalue weighted by atomic mass is 16.2. The number of fused-ring (bicyclic) bond motifs is 3. The molecule has 1 heterocycles. The van der Waals surface area contributed by atoms with Crippen LogP contribution in [0, 0.1) is 35.5 Å². The first-order chi connectivity index (χ1) is 15.1. The lowest BCUT2D eigenvalue weighted by molar-refractivity contribution is -0.132. The summed E-state index contributed by atoms with van der Waals surface area (Å²) >= 11 is 0. The summed E-state index contributed by atoms with van der Waals surface area (Å²) in [5.41, 5.74) is 0.632. The number of hydrogen-bond acceptors (Lipinski definition) is 3. The van der Waals surface area contributed by atoms with Crippen molar-refractivity contribution >= 4 is 16.8 Å². The van der Waals surface area contributed by atoms with Gasteiger partial charge in [-0.1, -0.05) is 24.3 Å². The van der Waals surface area contributed by atoms with Gasteiger partial charge in [0.15, 0.2) is 0 Å². The van der Waals surface area contributed by atoms with E-state index in [4.69, 9.17) is 4.98 Å². The minimum absolute atomic E-state index is 0.0200. The molecule has 5 saturated carbocycles. The van der Waals surface area contributed by atoms with Gasteiger partial charge in [0.1, 0.15) is 5.82 Å². The monoisotopic (exact) mass is 415 g/mol. The van der Waals surface area contributed by atoms with Crippen LogP contribution < -0.4 is 10.9 Å². The van der Waals surface area contributed by atoms with E-state index in [0.717, 1.165) is 43.4 Å². The smallest absolute Gasteiger partial charge is 0.258 e. The summed E-state index contributed by atoms with van der Waals surface area (Å²) in [6.45, 7) is 0. The normalized spacial score (nSPS) is 41.9. The topological polar surface area (TPSA) is 74.8 Å². The number of hydrogen-bond donors (Lipinski definition) is 2. The van der Waals surface area contributed by atoms with Gasteiger partial charge in [-0.15, -0.1) is 0 Å². The fourth-order valence-corrected chi connectivity index (χ4v) is 8.42. The van der Waals surface area contributed by atoms with Crippen LogP contribution in [0.5, 0.6) is 0 Å². The highest BCUT2D eigenvalue weighted by molar-refractivity contribution is 5.82. The van der Waals surface area contributed by atoms with Gasteiger partial charge in [-0.25, -0.2) is 4.98 Å². The number of nitrogens with zero attached hydrogens (tertiary/aromatic N) is 1. The van der Waals surface area contributed by atoms with E-state index in [2.05, 4.69) is 22.5 Å². The third kappa shape index (κ3) is 2.71. The SMILES string of the molecule is O=C(NC12CC3CC(CC(C3)C1)C2)[C@@H]1[C@H](c2nc3ccccc3c(=O)[nH]2)[C@@H]2C=C[C@H]1C2. The summed E-state index contributed by atoms with van der Waals surface area (Å²) in [5, 5.41) is 4.22. The van der Waals surface area contributed by atoms with Gasteiger partial charge in [0.05, 0.1) is 16.8 Å². The van der Waals surface area contributed by atoms with Crippen LogP contribution in [-0.4, -0.2) is 21.4 Å². The van der Waals surface area contributed by atoms with Gasteiger partial charge in [-0.05, 0) is 86.7 Å². The molecule has 8 rings (SSSR count). The van der Waals surface area contributed by atoms with Crippen LogP contribution in [0.4, 0.5) is 0 Å². The Morgan fingerprint density at radius 1 is 0.968 bits per heavy atom. The number of carbonyl (C=O) groups excluding carboxylic acids is 1. The number of nitrogens with one attached hydrogen (secondary N) is 2. The molecule has 1 aromatic carbocycles. The number of amides is 1. The van der Waals surface area contributed by atoms with Crippen molar-refractivity contribution in [2.45, 2.75) is 56.4 Å². The average Bonchev–Trinajstić information content (AvgIpc) is 3.34. The van der Waals surface area contributed by atoms with Crippen molar-refractivity contribution in [2.75, 3.05) is 0 Å². The molecule has 31 heavy (non-hydrogen) atoms. The van der Waals surface area contributed by atoms with Gasteiger partial charge >= 0.3 is 0 Å². The van der Waals surface area contributed by atoms with Crippen molar-refractivity contribution < 1.29 is 4.79 Å². The molecule has 0 spiro atoms. The molecule has 2 N–H and O–H groups in total. The summed E-state index contributed by atoms with van der Waals surface area (Å²) in [5.74, 6) is 3.66. The molecule has 0 aliphatic heterocycles. The molecule has 6 bridgehead atoms. The van der Waals surface area contributed by atoms with Crippen molar-refractivity contribution in [3.63, 3.8) is 0 Å². The summed E-state index contributed by atoms with van der Waals surface area (Å²) in [4.78, 5) is 34.4. The lowest BCUT2D eigenvalue weighted by Crippen LogP contribution is -2.61. The number of carbonyl (C=O) groups is 1. The fourth-order valence-electron chi connectivity index (χ4n) is 8.42. The van der Waals surface area contributed by atoms with Crippen LogP contribution in [0.1, 0.15) is 56.7 Å². The highest BCUT2D eigenvalue weighted by Gasteiger charge is 2.55. The van der Waals surface area contributed by atoms with Crippen LogP contribution in [-0.2, 0) is 4.79 Å². The van der Waals surface area contributed by atoms with E-state index in [-0.39, 0.29) is 40.7 Å². The molecule has 5 nitrogen and oxygen atoms in total. The quantitative estimate of drug-likeness (QED) is 0.747. The van der Waals surface area contributed by atoms with E-state index in [1.54, 1.807) is 0 Å². The summed E-state index contributed by atoms with van der Waals surface area (Å²) in [7, 11) is 0. The number of allylic oxidation sites excluding steroid dienone is 2. The molecular formula is C26H29N3O2. The number of rotatable bonds is 3. The molecule has 0 saturated heterocycles. The Balaban J connectivity index is 1.22. The lowest BCUT2D eigenvalue weighted by atomic mass is 9.53. The molecule has 6 aliphatic rings. The van der Waals surface area contributed by atoms with Crippen LogP contribution in [0.2, 0.25) is 0 Å². The largest absolute Gasteiger partial charge is 0.350 e. The molecule has 160 valence electrons. The minimum Gasteiger partial charge on any atom is -0.350 e. The number of aromatic nitrogens is 2. The van der Waals surface area contributed by atoms with Crippen LogP contribution in [0.25, 0.3) is 10.9 Å². The van der Waals surface area contributed by atoms with Gasteiger partial charge in [-0.2, -0.15) is 0 Å². The molecular weight excluding hydrogens is 386 g/mol. The molecule has 0 radical (unpaired) electrons. The first kappa shape index (κ1) is 18.2. The maximum atomic E-state index is 13.8. The Kier molecular flexibility index (Phi) is 3.69. The molecule has 2 aromatic rings. The van der Waals surface area contributed by atoms with Crippen LogP contribution >= 0.6 is 0 Å². The van der Waals surface area contributed by atoms with Crippen LogP contribution in [0.3, 0.4) is 0 Å². The van der Waals surface area contributed by atoms with E-state index in [1.165, 1.54) is 19.3 Å². The van der Waals surface area contributed by atoms with Gasteiger partial charge in [-0.3, -0.25) is 9.59 Å². The summed E-state index contributed by atoms with van der Waals surface area (Å²) < 4.78 is 0. The highest BCUT2D eigenvalue weighted by Crippen LogP contribution is 2.57. The molecule has 5 fully saturated rings. The first-order valence-electron chi connectivity index (χ1n) is 12.1. The second kappa shape index (κ2) is 6.30. The van der Waals surface area contributed by atoms with Gasteiger partial charge in [0, 0.05) is 11.5 Å². The number of benzene rings is 1. The molecule has 4 atom stereocenters. The Hall–Kier alpha value is -2.43. The number of H-pyrrole nitrogens is 1. The van der Waals surface area contributed by atoms with Crippen molar-refractivity contribution in [3.8, 4) is 0 Å². The second-order valence-electron chi connectivity index (χ2n) is 11.2. The van der Waals surface area contributed by atoms with E-state index < -0.39 is 0 Å². The Morgan fingerprint density at radius 3 is 2.39 bits per heavy atom. The zero-order chi connectivity index (χ0) is 20.7. The Bertz CT molecular complexity index is 1130. The van der Waals surface area contributed by atoms with Gasteiger partial charge in [0.2, 0.25) is 5.91 Å². The fraction of sp³-hybridized carbons (Fsp3) is 0.577. The molecule has 6 aliphatic carbocycles. The van der Waals surface area contributed by atoms with Crippen molar-refractivity contribution in [1.82, 2.24) is 15.3 Å². The second-order valence-corrected chi connectivity index (χ2v) is 11.2. The Morgan fingerprint density at radius 2 is 1.65 bits per heavy atom. The van der Waals surface area contributed by atoms with Crippen molar-refractivity contribution in [2.24, 2.45) is 35.5 Å². The molecule has 1 amide bonds. The summed E-state index contributed by atoms with van der Waals surface area (Å²) in [6, 6.07) is 7.47. The summed E-state index contributed by atoms with van der Waals surface area (Å²) in [6.07, 6.45) is 13.1. The van der Waals surface area contributed by atoms with Gasteiger partial charge < -0.3 is 10.3 Å². The third-order valence-electron chi connectivity index (χ3n) is 9.14. The number of para-hydroxylation sites is 1. The van der Waals surface area contributed by atoms with E-state index in [0.29, 0.717) is 16.7 Å². The number of aromatic amines is 1. The van der Waals surface area contributed by atoms with Crippen molar-refractivity contribution in [3.05, 3.63) is 52.6 Å². The average molecular weight is 416 g/mol. The zero-order valence-corrected chi connectivity index (χ0v) is 17.7. The standard InChI is InChI=1S/C26H29N3O2/c30-24-19-3-1-2-4-20(19)27-23(28-24)21-17-5-6-18(10-17)22(21)25(31)29-26-11-14-7-15(12-26)9-16(8-14)13-26/h1-6,14-18,21-22H,7-13H2,(H,29,31)(H,27,28,30)/t14?,15?,16?,17-,18+,21-,22+,26?/m1/s1. The predicted molar refractivity (Wildman–Crippen MR) is 118 cm³/mol. The molecule has 1 aromatic heterocycles. The van der Waals surface area contributed by atoms with E-state index >= 15 is 0 Å². The molecule has 0 unspecified atom stereocenters. The maximum Gasteiger partial charge on any atom is 0.258 e.